The third kappa shape index (κ3) is 2.89. The van der Waals surface area contributed by atoms with Crippen LogP contribution in [0.3, 0.4) is 0 Å². The molecule has 0 N–H and O–H groups in total. The fourth-order valence-electron chi connectivity index (χ4n) is 1.92. The molecule has 0 aliphatic carbocycles. The quantitative estimate of drug-likeness (QED) is 0.803. The zero-order valence-corrected chi connectivity index (χ0v) is 11.4. The van der Waals surface area contributed by atoms with Crippen molar-refractivity contribution in [3.05, 3.63) is 47.7 Å². The number of fused-ring (bicyclic) bond motifs is 1. The Morgan fingerprint density at radius 2 is 2.10 bits per heavy atom. The lowest BCUT2D eigenvalue weighted by Crippen LogP contribution is -2.03. The number of esters is 1. The first kappa shape index (κ1) is 13.2. The smallest absolute Gasteiger partial charge is 0.338 e. The van der Waals surface area contributed by atoms with Gasteiger partial charge in [-0.1, -0.05) is 6.07 Å². The highest BCUT2D eigenvalue weighted by molar-refractivity contribution is 5.89. The lowest BCUT2D eigenvalue weighted by molar-refractivity contribution is 0.0600. The van der Waals surface area contributed by atoms with E-state index >= 15 is 0 Å². The molecule has 0 fully saturated rings. The molecule has 1 aliphatic rings. The molecule has 1 aromatic heterocycles. The highest BCUT2D eigenvalue weighted by Crippen LogP contribution is 2.32. The van der Waals surface area contributed by atoms with Gasteiger partial charge in [-0.15, -0.1) is 0 Å². The molecule has 3 rings (SSSR count). The number of ether oxygens (including phenoxy) is 4. The molecule has 0 spiro atoms. The highest BCUT2D eigenvalue weighted by atomic mass is 16.7. The lowest BCUT2D eigenvalue weighted by Gasteiger charge is -2.07. The third-order valence-corrected chi connectivity index (χ3v) is 2.98. The van der Waals surface area contributed by atoms with Crippen LogP contribution in [0, 0.1) is 0 Å². The predicted octanol–water partition coefficient (Wildman–Crippen LogP) is 2.18. The van der Waals surface area contributed by atoms with E-state index in [2.05, 4.69) is 9.72 Å². The Morgan fingerprint density at radius 3 is 2.95 bits per heavy atom. The zero-order chi connectivity index (χ0) is 14.7. The van der Waals surface area contributed by atoms with Crippen LogP contribution in [0.15, 0.2) is 36.5 Å². The Bertz CT molecular complexity index is 671. The maximum atomic E-state index is 11.4. The van der Waals surface area contributed by atoms with E-state index in [-0.39, 0.29) is 6.79 Å². The number of rotatable bonds is 4. The van der Waals surface area contributed by atoms with Crippen LogP contribution in [0.1, 0.15) is 15.9 Å². The molecule has 0 unspecified atom stereocenters. The molecule has 108 valence electrons. The monoisotopic (exact) mass is 287 g/mol. The van der Waals surface area contributed by atoms with Gasteiger partial charge in [0, 0.05) is 12.3 Å². The minimum atomic E-state index is -0.426. The van der Waals surface area contributed by atoms with Gasteiger partial charge in [-0.2, -0.15) is 0 Å². The fourth-order valence-corrected chi connectivity index (χ4v) is 1.92. The van der Waals surface area contributed by atoms with Gasteiger partial charge in [-0.25, -0.2) is 9.78 Å². The summed E-state index contributed by atoms with van der Waals surface area (Å²) >= 11 is 0. The van der Waals surface area contributed by atoms with Crippen LogP contribution in [-0.4, -0.2) is 24.9 Å². The Balaban J connectivity index is 1.69. The molecule has 0 saturated heterocycles. The van der Waals surface area contributed by atoms with Gasteiger partial charge in [0.1, 0.15) is 6.61 Å². The summed E-state index contributed by atoms with van der Waals surface area (Å²) in [5.74, 6) is 1.36. The molecular formula is C15H13NO5. The summed E-state index contributed by atoms with van der Waals surface area (Å²) in [6.07, 6.45) is 1.50. The topological polar surface area (TPSA) is 66.9 Å². The molecule has 2 heterocycles. The summed E-state index contributed by atoms with van der Waals surface area (Å²) in [5, 5.41) is 0. The molecule has 0 bridgehead atoms. The SMILES string of the molecule is COC(=O)c1ccnc(OCc2ccc3c(c2)OCO3)c1. The number of hydrogen-bond acceptors (Lipinski definition) is 6. The first-order valence-corrected chi connectivity index (χ1v) is 6.32. The largest absolute Gasteiger partial charge is 0.473 e. The maximum Gasteiger partial charge on any atom is 0.338 e. The van der Waals surface area contributed by atoms with Crippen LogP contribution < -0.4 is 14.2 Å². The molecule has 0 amide bonds. The van der Waals surface area contributed by atoms with Crippen LogP contribution >= 0.6 is 0 Å². The predicted molar refractivity (Wildman–Crippen MR) is 72.5 cm³/mol. The van der Waals surface area contributed by atoms with E-state index in [9.17, 15) is 4.79 Å². The van der Waals surface area contributed by atoms with Gasteiger partial charge in [0.05, 0.1) is 12.7 Å². The van der Waals surface area contributed by atoms with Crippen molar-refractivity contribution >= 4 is 5.97 Å². The van der Waals surface area contributed by atoms with Crippen molar-refractivity contribution in [2.45, 2.75) is 6.61 Å². The van der Waals surface area contributed by atoms with Gasteiger partial charge in [0.15, 0.2) is 11.5 Å². The Labute approximate surface area is 121 Å². The van der Waals surface area contributed by atoms with E-state index < -0.39 is 5.97 Å². The van der Waals surface area contributed by atoms with Gasteiger partial charge >= 0.3 is 5.97 Å². The summed E-state index contributed by atoms with van der Waals surface area (Å²) < 4.78 is 20.8. The van der Waals surface area contributed by atoms with Crippen LogP contribution in [0.4, 0.5) is 0 Å². The highest BCUT2D eigenvalue weighted by Gasteiger charge is 2.13. The molecule has 0 atom stereocenters. The van der Waals surface area contributed by atoms with Crippen molar-refractivity contribution in [3.63, 3.8) is 0 Å². The van der Waals surface area contributed by atoms with Crippen LogP contribution in [0.25, 0.3) is 0 Å². The summed E-state index contributed by atoms with van der Waals surface area (Å²) in [4.78, 5) is 15.5. The average molecular weight is 287 g/mol. The van der Waals surface area contributed by atoms with Crippen molar-refractivity contribution in [2.75, 3.05) is 13.9 Å². The van der Waals surface area contributed by atoms with Crippen molar-refractivity contribution in [1.82, 2.24) is 4.98 Å². The molecule has 6 nitrogen and oxygen atoms in total. The van der Waals surface area contributed by atoms with Crippen LogP contribution in [-0.2, 0) is 11.3 Å². The second-order valence-corrected chi connectivity index (χ2v) is 4.35. The van der Waals surface area contributed by atoms with Gasteiger partial charge in [0.25, 0.3) is 0 Å². The molecule has 1 aromatic carbocycles. The number of aromatic nitrogens is 1. The molecule has 21 heavy (non-hydrogen) atoms. The minimum Gasteiger partial charge on any atom is -0.473 e. The number of carbonyl (C=O) groups excluding carboxylic acids is 1. The molecular weight excluding hydrogens is 274 g/mol. The summed E-state index contributed by atoms with van der Waals surface area (Å²) in [7, 11) is 1.33. The Kier molecular flexibility index (Phi) is 3.59. The van der Waals surface area contributed by atoms with Crippen molar-refractivity contribution in [2.24, 2.45) is 0 Å². The second-order valence-electron chi connectivity index (χ2n) is 4.35. The van der Waals surface area contributed by atoms with Gasteiger partial charge in [-0.05, 0) is 23.8 Å². The number of methoxy groups -OCH3 is 1. The molecule has 0 saturated carbocycles. The van der Waals surface area contributed by atoms with Crippen molar-refractivity contribution < 1.29 is 23.7 Å². The Hall–Kier alpha value is -2.76. The summed E-state index contributed by atoms with van der Waals surface area (Å²) in [6, 6.07) is 8.68. The molecule has 6 heteroatoms. The fraction of sp³-hybridized carbons (Fsp3) is 0.200. The van der Waals surface area contributed by atoms with Gasteiger partial charge in [-0.3, -0.25) is 0 Å². The second kappa shape index (κ2) is 5.70. The normalized spacial score (nSPS) is 12.0. The summed E-state index contributed by atoms with van der Waals surface area (Å²) in [6.45, 7) is 0.552. The maximum absolute atomic E-state index is 11.4. The number of nitrogens with zero attached hydrogens (tertiary/aromatic N) is 1. The average Bonchev–Trinajstić information content (AvgIpc) is 3.00. The van der Waals surface area contributed by atoms with Crippen LogP contribution in [0.2, 0.25) is 0 Å². The Morgan fingerprint density at radius 1 is 1.24 bits per heavy atom. The van der Waals surface area contributed by atoms with E-state index in [1.165, 1.54) is 13.3 Å². The molecule has 1 aliphatic heterocycles. The molecule has 2 aromatic rings. The minimum absolute atomic E-state index is 0.238. The lowest BCUT2D eigenvalue weighted by atomic mass is 10.2. The van der Waals surface area contributed by atoms with E-state index in [1.807, 2.05) is 18.2 Å². The van der Waals surface area contributed by atoms with E-state index in [0.29, 0.717) is 23.8 Å². The van der Waals surface area contributed by atoms with Crippen molar-refractivity contribution in [3.8, 4) is 17.4 Å². The first-order chi connectivity index (χ1) is 10.3. The van der Waals surface area contributed by atoms with Gasteiger partial charge in [0.2, 0.25) is 12.7 Å². The zero-order valence-electron chi connectivity index (χ0n) is 11.4. The van der Waals surface area contributed by atoms with Crippen LogP contribution in [0.5, 0.6) is 17.4 Å². The van der Waals surface area contributed by atoms with Gasteiger partial charge < -0.3 is 18.9 Å². The first-order valence-electron chi connectivity index (χ1n) is 6.32. The standard InChI is InChI=1S/C15H13NO5/c1-18-15(17)11-4-5-16-14(7-11)19-8-10-2-3-12-13(6-10)21-9-20-12/h2-7H,8-9H2,1H3. The summed E-state index contributed by atoms with van der Waals surface area (Å²) in [5.41, 5.74) is 1.32. The van der Waals surface area contributed by atoms with Crippen molar-refractivity contribution in [1.29, 1.82) is 0 Å². The third-order valence-electron chi connectivity index (χ3n) is 2.98. The number of hydrogen-bond donors (Lipinski definition) is 0. The van der Waals surface area contributed by atoms with E-state index in [0.717, 1.165) is 11.3 Å². The number of benzene rings is 1. The number of carbonyl (C=O) groups is 1. The van der Waals surface area contributed by atoms with E-state index in [4.69, 9.17) is 14.2 Å². The van der Waals surface area contributed by atoms with E-state index in [1.54, 1.807) is 12.1 Å². The molecule has 0 radical (unpaired) electrons. The number of pyridine rings is 1.